The average Bonchev–Trinajstić information content (AvgIpc) is 3.00. The molecule has 9 heteroatoms. The molecule has 2 N–H and O–H groups in total. The molecule has 0 unspecified atom stereocenters. The van der Waals surface area contributed by atoms with Gasteiger partial charge < -0.3 is 15.5 Å². The van der Waals surface area contributed by atoms with Crippen LogP contribution in [0.4, 0.5) is 17.5 Å². The molecule has 3 aromatic heterocycles. The molecule has 33 heavy (non-hydrogen) atoms. The highest BCUT2D eigenvalue weighted by atomic mass is 16.1. The third-order valence-electron chi connectivity index (χ3n) is 5.39. The molecule has 1 aliphatic heterocycles. The standard InChI is InChI=1S/C24H29N7O2/c1-15-19-14-27-24(28-20-8-7-18(13-26-20)30-11-9-25-10-12-30)29-22(19)31(17-5-3-4-6-17)23(33)21(15)16(2)32/h7-8,13-14,17,25H,3-6,9-12H2,1-2H3,(H,26,27,28,29)/i1D3,3D2,4D2,5D2,6D2,17D. The molecule has 0 atom stereocenters. The van der Waals surface area contributed by atoms with E-state index in [0.29, 0.717) is 0 Å². The molecule has 2 aliphatic rings. The van der Waals surface area contributed by atoms with Crippen LogP contribution in [0.15, 0.2) is 29.3 Å². The Labute approximate surface area is 209 Å². The van der Waals surface area contributed by atoms with Crippen molar-refractivity contribution in [2.75, 3.05) is 36.4 Å². The molecule has 1 saturated heterocycles. The molecular weight excluding hydrogens is 418 g/mol. The predicted octanol–water partition coefficient (Wildman–Crippen LogP) is 2.97. The zero-order valence-corrected chi connectivity index (χ0v) is 17.7. The summed E-state index contributed by atoms with van der Waals surface area (Å²) < 4.78 is 100. The fourth-order valence-electron chi connectivity index (χ4n) is 3.77. The average molecular weight is 460 g/mol. The van der Waals surface area contributed by atoms with Crippen LogP contribution in [0.25, 0.3) is 11.0 Å². The molecule has 4 heterocycles. The summed E-state index contributed by atoms with van der Waals surface area (Å²) in [5.41, 5.74) is -3.52. The van der Waals surface area contributed by atoms with E-state index in [4.69, 9.17) is 16.4 Å². The number of carbonyl (C=O) groups excluding carboxylic acids is 1. The molecule has 0 bridgehead atoms. The third kappa shape index (κ3) is 4.08. The van der Waals surface area contributed by atoms with Crippen molar-refractivity contribution in [2.24, 2.45) is 0 Å². The van der Waals surface area contributed by atoms with E-state index in [9.17, 15) is 9.59 Å². The van der Waals surface area contributed by atoms with Gasteiger partial charge in [-0.15, -0.1) is 0 Å². The van der Waals surface area contributed by atoms with E-state index in [1.807, 2.05) is 0 Å². The zero-order chi connectivity index (χ0) is 33.5. The number of hydrogen-bond acceptors (Lipinski definition) is 8. The van der Waals surface area contributed by atoms with Crippen LogP contribution in [0.2, 0.25) is 0 Å². The van der Waals surface area contributed by atoms with Crippen LogP contribution < -0.4 is 21.1 Å². The van der Waals surface area contributed by atoms with Gasteiger partial charge >= 0.3 is 0 Å². The van der Waals surface area contributed by atoms with Crippen LogP contribution in [-0.2, 0) is 0 Å². The van der Waals surface area contributed by atoms with Crippen molar-refractivity contribution in [1.29, 1.82) is 0 Å². The smallest absolute Gasteiger partial charge is 0.263 e. The van der Waals surface area contributed by atoms with E-state index in [-0.39, 0.29) is 16.3 Å². The largest absolute Gasteiger partial charge is 0.368 e. The van der Waals surface area contributed by atoms with E-state index in [1.165, 1.54) is 0 Å². The number of ketones is 1. The first kappa shape index (κ1) is 11.7. The number of fused-ring (bicyclic) bond motifs is 1. The molecule has 0 radical (unpaired) electrons. The normalized spacial score (nSPS) is 29.8. The number of rotatable bonds is 5. The van der Waals surface area contributed by atoms with Crippen molar-refractivity contribution < 1.29 is 21.2 Å². The molecule has 9 nitrogen and oxygen atoms in total. The SMILES string of the molecule is [2H]C([2H])([2H])c1c(C(C)=O)c(=O)n(C2([2H])C([2H])([2H])C([2H])([2H])C([2H])([2H])C2([2H])[2H])c2nc(Nc3ccc(N4CCNCC4)cn3)ncc12. The van der Waals surface area contributed by atoms with Gasteiger partial charge in [0.1, 0.15) is 11.5 Å². The summed E-state index contributed by atoms with van der Waals surface area (Å²) in [4.78, 5) is 41.5. The first-order valence-corrected chi connectivity index (χ1v) is 10.3. The van der Waals surface area contributed by atoms with Gasteiger partial charge in [0.25, 0.3) is 5.56 Å². The Morgan fingerprint density at radius 2 is 2.03 bits per heavy atom. The van der Waals surface area contributed by atoms with Gasteiger partial charge in [-0.25, -0.2) is 9.97 Å². The van der Waals surface area contributed by atoms with Crippen LogP contribution in [0.1, 0.15) is 70.8 Å². The molecule has 3 aromatic rings. The lowest BCUT2D eigenvalue weighted by Gasteiger charge is -2.29. The quantitative estimate of drug-likeness (QED) is 0.561. The molecule has 172 valence electrons. The van der Waals surface area contributed by atoms with Crippen LogP contribution in [-0.4, -0.2) is 51.5 Å². The van der Waals surface area contributed by atoms with E-state index < -0.39 is 71.9 Å². The maximum Gasteiger partial charge on any atom is 0.263 e. The number of aromatic nitrogens is 4. The Kier molecular flexibility index (Phi) is 3.15. The molecule has 5 rings (SSSR count). The van der Waals surface area contributed by atoms with Gasteiger partial charge in [-0.1, -0.05) is 12.7 Å². The number of hydrogen-bond donors (Lipinski definition) is 2. The van der Waals surface area contributed by atoms with Gasteiger partial charge in [0, 0.05) is 58.9 Å². The molecule has 1 aliphatic carbocycles. The first-order valence-electron chi connectivity index (χ1n) is 16.3. The minimum Gasteiger partial charge on any atom is -0.368 e. The topological polar surface area (TPSA) is 105 Å². The van der Waals surface area contributed by atoms with Gasteiger partial charge in [-0.2, -0.15) is 4.98 Å². The lowest BCUT2D eigenvalue weighted by molar-refractivity contribution is 0.101. The summed E-state index contributed by atoms with van der Waals surface area (Å²) in [6, 6.07) is -0.392. The first-order chi connectivity index (χ1) is 20.6. The highest BCUT2D eigenvalue weighted by Crippen LogP contribution is 2.32. The number of carbonyl (C=O) groups is 1. The zero-order valence-electron chi connectivity index (χ0n) is 29.7. The highest BCUT2D eigenvalue weighted by molar-refractivity contribution is 5.99. The predicted molar refractivity (Wildman–Crippen MR) is 129 cm³/mol. The summed E-state index contributed by atoms with van der Waals surface area (Å²) >= 11 is 0. The monoisotopic (exact) mass is 459 g/mol. The number of nitrogens with one attached hydrogen (secondary N) is 2. The van der Waals surface area contributed by atoms with Gasteiger partial charge in [0.05, 0.1) is 18.8 Å². The molecule has 0 aromatic carbocycles. The lowest BCUT2D eigenvalue weighted by Crippen LogP contribution is -2.43. The van der Waals surface area contributed by atoms with E-state index in [1.54, 1.807) is 18.3 Å². The Morgan fingerprint density at radius 1 is 1.24 bits per heavy atom. The number of piperazine rings is 1. The van der Waals surface area contributed by atoms with Crippen LogP contribution in [0.3, 0.4) is 0 Å². The fourth-order valence-corrected chi connectivity index (χ4v) is 3.77. The summed E-state index contributed by atoms with van der Waals surface area (Å²) in [5, 5.41) is 5.46. The van der Waals surface area contributed by atoms with E-state index in [2.05, 4.69) is 30.5 Å². The van der Waals surface area contributed by atoms with Crippen molar-refractivity contribution in [3.8, 4) is 0 Å². The second-order valence-corrected chi connectivity index (χ2v) is 7.49. The van der Waals surface area contributed by atoms with Crippen molar-refractivity contribution >= 4 is 34.3 Å². The second-order valence-electron chi connectivity index (χ2n) is 7.49. The van der Waals surface area contributed by atoms with Crippen molar-refractivity contribution in [1.82, 2.24) is 24.8 Å². The van der Waals surface area contributed by atoms with Crippen molar-refractivity contribution in [2.45, 2.75) is 45.3 Å². The number of Topliss-reactive ketones (excluding diaryl/α,β-unsaturated/α-hetero) is 1. The Balaban J connectivity index is 1.78. The van der Waals surface area contributed by atoms with E-state index >= 15 is 0 Å². The molecular formula is C24H29N7O2. The fraction of sp³-hybridized carbons (Fsp3) is 0.458. The van der Waals surface area contributed by atoms with E-state index in [0.717, 1.165) is 45.0 Å². The molecule has 0 spiro atoms. The molecule has 1 saturated carbocycles. The Hall–Kier alpha value is -3.33. The molecule has 0 amide bonds. The van der Waals surface area contributed by atoms with Crippen molar-refractivity contribution in [3.63, 3.8) is 0 Å². The van der Waals surface area contributed by atoms with Crippen molar-refractivity contribution in [3.05, 3.63) is 46.0 Å². The summed E-state index contributed by atoms with van der Waals surface area (Å²) in [6.07, 6.45) is -12.5. The minimum absolute atomic E-state index is 0.0464. The van der Waals surface area contributed by atoms with Gasteiger partial charge in [-0.3, -0.25) is 14.2 Å². The second kappa shape index (κ2) is 8.90. The highest BCUT2D eigenvalue weighted by Gasteiger charge is 2.25. The van der Waals surface area contributed by atoms with Crippen LogP contribution in [0, 0.1) is 6.85 Å². The third-order valence-corrected chi connectivity index (χ3v) is 5.39. The number of pyridine rings is 2. The maximum absolute atomic E-state index is 14.0. The summed E-state index contributed by atoms with van der Waals surface area (Å²) in [7, 11) is 0. The van der Waals surface area contributed by atoms with Gasteiger partial charge in [0.15, 0.2) is 5.78 Å². The minimum atomic E-state index is -3.78. The number of anilines is 3. The van der Waals surface area contributed by atoms with Crippen LogP contribution in [0.5, 0.6) is 0 Å². The van der Waals surface area contributed by atoms with Crippen LogP contribution >= 0.6 is 0 Å². The number of nitrogens with zero attached hydrogens (tertiary/aromatic N) is 5. The summed E-state index contributed by atoms with van der Waals surface area (Å²) in [6.45, 7) is 0.823. The maximum atomic E-state index is 14.0. The van der Waals surface area contributed by atoms with Gasteiger partial charge in [-0.05, 0) is 44.2 Å². The van der Waals surface area contributed by atoms with Gasteiger partial charge in [0.2, 0.25) is 5.95 Å². The Bertz CT molecular complexity index is 1710. The lowest BCUT2D eigenvalue weighted by atomic mass is 10.0. The number of aryl methyl sites for hydroxylation is 1. The summed E-state index contributed by atoms with van der Waals surface area (Å²) in [5.74, 6) is -1.27. The Morgan fingerprint density at radius 3 is 2.70 bits per heavy atom. The molecule has 2 fully saturated rings.